The van der Waals surface area contributed by atoms with Crippen LogP contribution in [0.25, 0.3) is 0 Å². The van der Waals surface area contributed by atoms with Crippen LogP contribution in [-0.4, -0.2) is 30.8 Å². The summed E-state index contributed by atoms with van der Waals surface area (Å²) in [7, 11) is 1.66. The first kappa shape index (κ1) is 15.9. The molecule has 0 aliphatic heterocycles. The predicted molar refractivity (Wildman–Crippen MR) is 77.6 cm³/mol. The number of nitrogens with one attached hydrogen (secondary N) is 1. The Hall–Kier alpha value is -1.13. The molecule has 0 atom stereocenters. The van der Waals surface area contributed by atoms with Gasteiger partial charge in [0.1, 0.15) is 6.61 Å². The third-order valence-corrected chi connectivity index (χ3v) is 2.64. The van der Waals surface area contributed by atoms with E-state index in [0.29, 0.717) is 19.1 Å². The van der Waals surface area contributed by atoms with Gasteiger partial charge in [0, 0.05) is 31.0 Å². The van der Waals surface area contributed by atoms with Crippen LogP contribution in [0.5, 0.6) is 5.88 Å². The number of aryl methyl sites for hydroxylation is 1. The summed E-state index contributed by atoms with van der Waals surface area (Å²) in [5.74, 6) is 0.683. The van der Waals surface area contributed by atoms with Crippen molar-refractivity contribution >= 4 is 0 Å². The van der Waals surface area contributed by atoms with Gasteiger partial charge < -0.3 is 14.8 Å². The number of hydrogen-bond acceptors (Lipinski definition) is 4. The number of ether oxygens (including phenoxy) is 2. The van der Waals surface area contributed by atoms with Crippen LogP contribution in [-0.2, 0) is 17.7 Å². The zero-order valence-electron chi connectivity index (χ0n) is 12.7. The Morgan fingerprint density at radius 1 is 1.21 bits per heavy atom. The number of rotatable bonds is 7. The Bertz CT molecular complexity index is 386. The van der Waals surface area contributed by atoms with E-state index in [4.69, 9.17) is 9.47 Å². The van der Waals surface area contributed by atoms with Crippen molar-refractivity contribution in [3.63, 3.8) is 0 Å². The Morgan fingerprint density at radius 3 is 2.53 bits per heavy atom. The molecule has 4 heteroatoms. The lowest BCUT2D eigenvalue weighted by Crippen LogP contribution is -2.35. The number of hydrogen-bond donors (Lipinski definition) is 1. The molecule has 0 spiro atoms. The van der Waals surface area contributed by atoms with Crippen molar-refractivity contribution in [1.82, 2.24) is 10.3 Å². The summed E-state index contributed by atoms with van der Waals surface area (Å²) in [4.78, 5) is 4.46. The van der Waals surface area contributed by atoms with Crippen LogP contribution >= 0.6 is 0 Å². The molecule has 4 nitrogen and oxygen atoms in total. The number of aromatic nitrogens is 1. The first-order chi connectivity index (χ1) is 8.94. The average Bonchev–Trinajstić information content (AvgIpc) is 2.36. The molecule has 0 amide bonds. The summed E-state index contributed by atoms with van der Waals surface area (Å²) in [6, 6.07) is 4.12. The Balaban J connectivity index is 2.71. The van der Waals surface area contributed by atoms with E-state index in [1.165, 1.54) is 5.56 Å². The molecule has 1 heterocycles. The highest BCUT2D eigenvalue weighted by Crippen LogP contribution is 2.14. The van der Waals surface area contributed by atoms with Crippen molar-refractivity contribution in [3.05, 3.63) is 23.4 Å². The van der Waals surface area contributed by atoms with Crippen LogP contribution in [0.1, 0.15) is 39.0 Å². The van der Waals surface area contributed by atoms with Gasteiger partial charge in [-0.3, -0.25) is 0 Å². The molecule has 0 bridgehead atoms. The minimum Gasteiger partial charge on any atom is -0.475 e. The van der Waals surface area contributed by atoms with E-state index >= 15 is 0 Å². The Kier molecular flexibility index (Phi) is 6.25. The highest BCUT2D eigenvalue weighted by atomic mass is 16.5. The first-order valence-corrected chi connectivity index (χ1v) is 6.81. The maximum atomic E-state index is 5.60. The van der Waals surface area contributed by atoms with Gasteiger partial charge in [0.25, 0.3) is 0 Å². The molecular formula is C15H26N2O2. The molecule has 0 saturated heterocycles. The van der Waals surface area contributed by atoms with Crippen molar-refractivity contribution in [2.75, 3.05) is 20.3 Å². The fourth-order valence-electron chi connectivity index (χ4n) is 1.57. The van der Waals surface area contributed by atoms with E-state index in [9.17, 15) is 0 Å². The van der Waals surface area contributed by atoms with Gasteiger partial charge in [0.05, 0.1) is 6.61 Å². The summed E-state index contributed by atoms with van der Waals surface area (Å²) < 4.78 is 10.6. The van der Waals surface area contributed by atoms with E-state index in [2.05, 4.69) is 44.1 Å². The number of nitrogens with zero attached hydrogens (tertiary/aromatic N) is 1. The summed E-state index contributed by atoms with van der Waals surface area (Å²) >= 11 is 0. The molecule has 19 heavy (non-hydrogen) atoms. The van der Waals surface area contributed by atoms with Gasteiger partial charge in [-0.1, -0.05) is 6.92 Å². The second-order valence-corrected chi connectivity index (χ2v) is 5.60. The van der Waals surface area contributed by atoms with E-state index in [0.717, 1.165) is 18.7 Å². The lowest BCUT2D eigenvalue weighted by Gasteiger charge is -2.21. The van der Waals surface area contributed by atoms with E-state index < -0.39 is 0 Å². The molecule has 0 fully saturated rings. The molecule has 1 N–H and O–H groups in total. The molecular weight excluding hydrogens is 240 g/mol. The molecule has 0 unspecified atom stereocenters. The van der Waals surface area contributed by atoms with Crippen LogP contribution < -0.4 is 10.1 Å². The van der Waals surface area contributed by atoms with Crippen molar-refractivity contribution < 1.29 is 9.47 Å². The molecule has 0 aliphatic rings. The fourth-order valence-corrected chi connectivity index (χ4v) is 1.57. The lowest BCUT2D eigenvalue weighted by atomic mass is 10.1. The molecule has 0 aliphatic carbocycles. The SMILES string of the molecule is CCc1cc(CNC(C)(C)C)cc(OCCOC)n1. The minimum atomic E-state index is 0.104. The largest absolute Gasteiger partial charge is 0.475 e. The minimum absolute atomic E-state index is 0.104. The lowest BCUT2D eigenvalue weighted by molar-refractivity contribution is 0.143. The van der Waals surface area contributed by atoms with Gasteiger partial charge in [0.2, 0.25) is 5.88 Å². The summed E-state index contributed by atoms with van der Waals surface area (Å²) in [5, 5.41) is 3.48. The zero-order valence-corrected chi connectivity index (χ0v) is 12.7. The van der Waals surface area contributed by atoms with Gasteiger partial charge in [-0.15, -0.1) is 0 Å². The highest BCUT2D eigenvalue weighted by molar-refractivity contribution is 5.25. The van der Waals surface area contributed by atoms with Crippen LogP contribution in [0.3, 0.4) is 0 Å². The van der Waals surface area contributed by atoms with Gasteiger partial charge in [-0.25, -0.2) is 4.98 Å². The Labute approximate surface area is 116 Å². The van der Waals surface area contributed by atoms with Crippen molar-refractivity contribution in [2.45, 2.75) is 46.2 Å². The third kappa shape index (κ3) is 6.55. The van der Waals surface area contributed by atoms with Gasteiger partial charge >= 0.3 is 0 Å². The molecule has 0 saturated carbocycles. The summed E-state index contributed by atoms with van der Waals surface area (Å²) in [6.07, 6.45) is 0.907. The van der Waals surface area contributed by atoms with E-state index in [1.807, 2.05) is 6.07 Å². The van der Waals surface area contributed by atoms with Crippen LogP contribution in [0.2, 0.25) is 0 Å². The summed E-state index contributed by atoms with van der Waals surface area (Å²) in [6.45, 7) is 10.5. The normalized spacial score (nSPS) is 11.6. The van der Waals surface area contributed by atoms with Crippen LogP contribution in [0.4, 0.5) is 0 Å². The zero-order chi connectivity index (χ0) is 14.3. The van der Waals surface area contributed by atoms with E-state index in [1.54, 1.807) is 7.11 Å². The monoisotopic (exact) mass is 266 g/mol. The molecule has 1 aromatic heterocycles. The predicted octanol–water partition coefficient (Wildman–Crippen LogP) is 2.56. The smallest absolute Gasteiger partial charge is 0.213 e. The molecule has 0 aromatic carbocycles. The van der Waals surface area contributed by atoms with Crippen molar-refractivity contribution in [2.24, 2.45) is 0 Å². The maximum absolute atomic E-state index is 5.60. The second-order valence-electron chi connectivity index (χ2n) is 5.60. The molecule has 108 valence electrons. The number of methoxy groups -OCH3 is 1. The van der Waals surface area contributed by atoms with E-state index in [-0.39, 0.29) is 5.54 Å². The molecule has 1 aromatic rings. The fraction of sp³-hybridized carbons (Fsp3) is 0.667. The Morgan fingerprint density at radius 2 is 1.95 bits per heavy atom. The maximum Gasteiger partial charge on any atom is 0.213 e. The second kappa shape index (κ2) is 7.46. The van der Waals surface area contributed by atoms with Crippen molar-refractivity contribution in [1.29, 1.82) is 0 Å². The molecule has 1 rings (SSSR count). The quantitative estimate of drug-likeness (QED) is 0.770. The average molecular weight is 266 g/mol. The van der Waals surface area contributed by atoms with Crippen LogP contribution in [0, 0.1) is 0 Å². The first-order valence-electron chi connectivity index (χ1n) is 6.81. The van der Waals surface area contributed by atoms with Gasteiger partial charge in [0.15, 0.2) is 0 Å². The van der Waals surface area contributed by atoms with Crippen LogP contribution in [0.15, 0.2) is 12.1 Å². The van der Waals surface area contributed by atoms with Crippen molar-refractivity contribution in [3.8, 4) is 5.88 Å². The third-order valence-electron chi connectivity index (χ3n) is 2.64. The highest BCUT2D eigenvalue weighted by Gasteiger charge is 2.10. The molecule has 0 radical (unpaired) electrons. The van der Waals surface area contributed by atoms with Gasteiger partial charge in [-0.2, -0.15) is 0 Å². The topological polar surface area (TPSA) is 43.4 Å². The standard InChI is InChI=1S/C15H26N2O2/c1-6-13-9-12(11-16-15(2,3)4)10-14(17-13)19-8-7-18-5/h9-10,16H,6-8,11H2,1-5H3. The summed E-state index contributed by atoms with van der Waals surface area (Å²) in [5.41, 5.74) is 2.36. The van der Waals surface area contributed by atoms with Gasteiger partial charge in [-0.05, 0) is 38.8 Å². The number of pyridine rings is 1.